The molecule has 0 spiro atoms. The lowest BCUT2D eigenvalue weighted by Crippen LogP contribution is -2.26. The Bertz CT molecular complexity index is 851. The van der Waals surface area contributed by atoms with Gasteiger partial charge in [0.05, 0.1) is 5.56 Å². The largest absolute Gasteiger partial charge is 0.489 e. The van der Waals surface area contributed by atoms with E-state index in [4.69, 9.17) is 4.74 Å². The van der Waals surface area contributed by atoms with E-state index in [-0.39, 0.29) is 5.91 Å². The van der Waals surface area contributed by atoms with E-state index in [2.05, 4.69) is 0 Å². The van der Waals surface area contributed by atoms with E-state index in [1.807, 2.05) is 85.4 Å². The Morgan fingerprint density at radius 1 is 1.04 bits per heavy atom. The molecule has 25 heavy (non-hydrogen) atoms. The lowest BCUT2D eigenvalue weighted by Gasteiger charge is -2.18. The fraction of sp³-hybridized carbons (Fsp3) is 0.190. The summed E-state index contributed by atoms with van der Waals surface area (Å²) in [5.41, 5.74) is 3.63. The van der Waals surface area contributed by atoms with Crippen LogP contribution in [-0.4, -0.2) is 17.5 Å². The van der Waals surface area contributed by atoms with Crippen LogP contribution in [0.15, 0.2) is 66.9 Å². The molecule has 4 heteroatoms. The maximum absolute atomic E-state index is 12.7. The maximum Gasteiger partial charge on any atom is 0.259 e. The van der Waals surface area contributed by atoms with E-state index in [9.17, 15) is 4.79 Å². The van der Waals surface area contributed by atoms with E-state index in [0.29, 0.717) is 6.61 Å². The van der Waals surface area contributed by atoms with Crippen molar-refractivity contribution in [1.29, 1.82) is 0 Å². The molecule has 4 nitrogen and oxygen atoms in total. The third-order valence-electron chi connectivity index (χ3n) is 4.39. The summed E-state index contributed by atoms with van der Waals surface area (Å²) >= 11 is 0. The Morgan fingerprint density at radius 2 is 1.72 bits per heavy atom. The lowest BCUT2D eigenvalue weighted by molar-refractivity contribution is 0.0992. The summed E-state index contributed by atoms with van der Waals surface area (Å²) in [5, 5.41) is 0. The molecule has 1 aromatic heterocycles. The van der Waals surface area contributed by atoms with Crippen molar-refractivity contribution in [2.45, 2.75) is 13.5 Å². The summed E-state index contributed by atoms with van der Waals surface area (Å²) in [7, 11) is 3.72. The first kappa shape index (κ1) is 16.8. The van der Waals surface area contributed by atoms with Crippen LogP contribution in [0.3, 0.4) is 0 Å². The molecule has 0 fully saturated rings. The number of aromatic nitrogens is 1. The van der Waals surface area contributed by atoms with Gasteiger partial charge in [-0.05, 0) is 42.8 Å². The zero-order chi connectivity index (χ0) is 17.8. The highest BCUT2D eigenvalue weighted by atomic mass is 16.5. The molecule has 0 aliphatic rings. The number of hydrogen-bond donors (Lipinski definition) is 0. The van der Waals surface area contributed by atoms with E-state index in [1.54, 1.807) is 11.9 Å². The predicted molar refractivity (Wildman–Crippen MR) is 100 cm³/mol. The molecule has 0 saturated carbocycles. The first-order valence-corrected chi connectivity index (χ1v) is 8.23. The second-order valence-electron chi connectivity index (χ2n) is 6.06. The first-order valence-electron chi connectivity index (χ1n) is 8.23. The third-order valence-corrected chi connectivity index (χ3v) is 4.39. The maximum atomic E-state index is 12.7. The van der Waals surface area contributed by atoms with Crippen molar-refractivity contribution in [3.8, 4) is 5.75 Å². The summed E-state index contributed by atoms with van der Waals surface area (Å²) in [6.07, 6.45) is 1.90. The van der Waals surface area contributed by atoms with Crippen molar-refractivity contribution in [1.82, 2.24) is 4.57 Å². The minimum Gasteiger partial charge on any atom is -0.489 e. The van der Waals surface area contributed by atoms with Gasteiger partial charge in [-0.3, -0.25) is 4.79 Å². The first-order chi connectivity index (χ1) is 12.1. The highest BCUT2D eigenvalue weighted by Crippen LogP contribution is 2.22. The Kier molecular flexibility index (Phi) is 4.89. The van der Waals surface area contributed by atoms with Gasteiger partial charge in [-0.1, -0.05) is 30.3 Å². The van der Waals surface area contributed by atoms with E-state index in [0.717, 1.165) is 28.3 Å². The van der Waals surface area contributed by atoms with E-state index >= 15 is 0 Å². The number of carbonyl (C=O) groups is 1. The van der Waals surface area contributed by atoms with Gasteiger partial charge in [0.1, 0.15) is 12.4 Å². The second kappa shape index (κ2) is 7.26. The molecular formula is C21H22N2O2. The normalized spacial score (nSPS) is 10.5. The van der Waals surface area contributed by atoms with Gasteiger partial charge in [0.15, 0.2) is 0 Å². The van der Waals surface area contributed by atoms with Crippen molar-refractivity contribution >= 4 is 11.6 Å². The van der Waals surface area contributed by atoms with Crippen LogP contribution in [0.25, 0.3) is 0 Å². The fourth-order valence-corrected chi connectivity index (χ4v) is 2.64. The number of ether oxygens (including phenoxy) is 1. The molecule has 3 aromatic rings. The quantitative estimate of drug-likeness (QED) is 0.701. The van der Waals surface area contributed by atoms with Gasteiger partial charge >= 0.3 is 0 Å². The molecule has 2 aromatic carbocycles. The topological polar surface area (TPSA) is 34.5 Å². The summed E-state index contributed by atoms with van der Waals surface area (Å²) < 4.78 is 7.73. The Balaban J connectivity index is 1.67. The predicted octanol–water partition coefficient (Wildman–Crippen LogP) is 4.19. The van der Waals surface area contributed by atoms with Gasteiger partial charge in [0.25, 0.3) is 5.91 Å². The molecule has 3 rings (SSSR count). The van der Waals surface area contributed by atoms with Crippen LogP contribution in [0.1, 0.15) is 21.6 Å². The molecule has 1 heterocycles. The van der Waals surface area contributed by atoms with Crippen LogP contribution in [0, 0.1) is 6.92 Å². The molecule has 0 aliphatic heterocycles. The fourth-order valence-electron chi connectivity index (χ4n) is 2.64. The average Bonchev–Trinajstić information content (AvgIpc) is 2.99. The number of nitrogens with zero attached hydrogens (tertiary/aromatic N) is 2. The molecule has 0 unspecified atom stereocenters. The van der Waals surface area contributed by atoms with Crippen molar-refractivity contribution in [2.75, 3.05) is 11.9 Å². The number of rotatable bonds is 5. The molecule has 0 saturated heterocycles. The molecule has 0 atom stereocenters. The Morgan fingerprint density at radius 3 is 2.32 bits per heavy atom. The molecule has 0 aliphatic carbocycles. The zero-order valence-corrected chi connectivity index (χ0v) is 14.8. The minimum atomic E-state index is -0.0175. The number of carbonyl (C=O) groups excluding carboxylic acids is 1. The summed E-state index contributed by atoms with van der Waals surface area (Å²) in [4.78, 5) is 14.3. The SMILES string of the molecule is Cc1c(C(=O)N(C)c2ccc(OCc3ccccc3)cc2)ccn1C. The number of amides is 1. The third kappa shape index (κ3) is 3.74. The van der Waals surface area contributed by atoms with Gasteiger partial charge in [-0.2, -0.15) is 0 Å². The van der Waals surface area contributed by atoms with E-state index < -0.39 is 0 Å². The van der Waals surface area contributed by atoms with Gasteiger partial charge in [0, 0.05) is 31.7 Å². The summed E-state index contributed by atoms with van der Waals surface area (Å²) in [6.45, 7) is 2.47. The van der Waals surface area contributed by atoms with Crippen LogP contribution in [0.5, 0.6) is 5.75 Å². The standard InChI is InChI=1S/C21H22N2O2/c1-16-20(13-14-22(16)2)21(24)23(3)18-9-11-19(12-10-18)25-15-17-7-5-4-6-8-17/h4-14H,15H2,1-3H3. The van der Waals surface area contributed by atoms with Crippen LogP contribution >= 0.6 is 0 Å². The van der Waals surface area contributed by atoms with Crippen LogP contribution in [0.4, 0.5) is 5.69 Å². The van der Waals surface area contributed by atoms with Gasteiger partial charge in [-0.25, -0.2) is 0 Å². The van der Waals surface area contributed by atoms with E-state index in [1.165, 1.54) is 0 Å². The molecule has 128 valence electrons. The molecule has 0 radical (unpaired) electrons. The van der Waals surface area contributed by atoms with Gasteiger partial charge in [0.2, 0.25) is 0 Å². The number of anilines is 1. The van der Waals surface area contributed by atoms with Crippen molar-refractivity contribution in [3.63, 3.8) is 0 Å². The lowest BCUT2D eigenvalue weighted by atomic mass is 10.2. The average molecular weight is 334 g/mol. The van der Waals surface area contributed by atoms with Crippen LogP contribution < -0.4 is 9.64 Å². The van der Waals surface area contributed by atoms with Gasteiger partial charge in [-0.15, -0.1) is 0 Å². The molecular weight excluding hydrogens is 312 g/mol. The minimum absolute atomic E-state index is 0.0175. The Hall–Kier alpha value is -3.01. The molecule has 0 N–H and O–H groups in total. The van der Waals surface area contributed by atoms with Gasteiger partial charge < -0.3 is 14.2 Å². The number of benzene rings is 2. The highest BCUT2D eigenvalue weighted by Gasteiger charge is 2.17. The van der Waals surface area contributed by atoms with Crippen molar-refractivity contribution in [2.24, 2.45) is 7.05 Å². The molecule has 1 amide bonds. The zero-order valence-electron chi connectivity index (χ0n) is 14.8. The van der Waals surface area contributed by atoms with Crippen molar-refractivity contribution < 1.29 is 9.53 Å². The number of aryl methyl sites for hydroxylation is 1. The summed E-state index contributed by atoms with van der Waals surface area (Å²) in [5.74, 6) is 0.764. The summed E-state index contributed by atoms with van der Waals surface area (Å²) in [6, 6.07) is 19.5. The Labute approximate surface area is 148 Å². The smallest absolute Gasteiger partial charge is 0.259 e. The van der Waals surface area contributed by atoms with Crippen LogP contribution in [0.2, 0.25) is 0 Å². The number of hydrogen-bond acceptors (Lipinski definition) is 2. The second-order valence-corrected chi connectivity index (χ2v) is 6.06. The van der Waals surface area contributed by atoms with Crippen LogP contribution in [-0.2, 0) is 13.7 Å². The monoisotopic (exact) mass is 334 g/mol. The van der Waals surface area contributed by atoms with Crippen molar-refractivity contribution in [3.05, 3.63) is 83.7 Å². The molecule has 0 bridgehead atoms. The highest BCUT2D eigenvalue weighted by molar-refractivity contribution is 6.06.